The van der Waals surface area contributed by atoms with Crippen molar-refractivity contribution in [3.05, 3.63) is 58.5 Å². The Kier molecular flexibility index (Phi) is 5.60. The van der Waals surface area contributed by atoms with Crippen molar-refractivity contribution in [2.75, 3.05) is 0 Å². The third-order valence-corrected chi connectivity index (χ3v) is 4.33. The molecule has 0 saturated heterocycles. The van der Waals surface area contributed by atoms with Gasteiger partial charge in [-0.15, -0.1) is 0 Å². The van der Waals surface area contributed by atoms with E-state index in [0.717, 1.165) is 16.8 Å². The lowest BCUT2D eigenvalue weighted by Gasteiger charge is -2.19. The van der Waals surface area contributed by atoms with Gasteiger partial charge in [0.2, 0.25) is 0 Å². The van der Waals surface area contributed by atoms with E-state index in [2.05, 4.69) is 10.1 Å². The molecule has 0 saturated carbocycles. The topological polar surface area (TPSA) is 74.1 Å². The molecule has 158 valence electrons. The standard InChI is InChI=1S/C20H17ClF3N3O3/c1-19(2,3)30-18(29)27-15-9-13(21)11(7-12(15)10-25-27)8-16(28)14-5-4-6-17(26-14)20(22,23)24/h4-7,9-10H,8H2,1-3H3. The third kappa shape index (κ3) is 4.79. The summed E-state index contributed by atoms with van der Waals surface area (Å²) in [5, 5.41) is 4.68. The maximum atomic E-state index is 12.8. The molecular formula is C20H17ClF3N3O3. The number of carbonyl (C=O) groups excluding carboxylic acids is 2. The van der Waals surface area contributed by atoms with Crippen LogP contribution in [0.1, 0.15) is 42.5 Å². The molecule has 1 aromatic carbocycles. The molecular weight excluding hydrogens is 423 g/mol. The highest BCUT2D eigenvalue weighted by molar-refractivity contribution is 6.32. The summed E-state index contributed by atoms with van der Waals surface area (Å²) in [5.74, 6) is -0.623. The molecule has 0 unspecified atom stereocenters. The molecule has 3 rings (SSSR count). The number of rotatable bonds is 3. The highest BCUT2D eigenvalue weighted by Gasteiger charge is 2.33. The smallest absolute Gasteiger partial charge is 0.435 e. The molecule has 0 amide bonds. The van der Waals surface area contributed by atoms with Crippen LogP contribution in [-0.2, 0) is 17.3 Å². The number of Topliss-reactive ketones (excluding diaryl/α,β-unsaturated/α-hetero) is 1. The van der Waals surface area contributed by atoms with Crippen LogP contribution in [0.5, 0.6) is 0 Å². The van der Waals surface area contributed by atoms with E-state index in [4.69, 9.17) is 16.3 Å². The van der Waals surface area contributed by atoms with Gasteiger partial charge in [-0.1, -0.05) is 17.7 Å². The Balaban J connectivity index is 1.88. The van der Waals surface area contributed by atoms with E-state index >= 15 is 0 Å². The second-order valence-corrected chi connectivity index (χ2v) is 7.95. The van der Waals surface area contributed by atoms with Gasteiger partial charge < -0.3 is 4.74 Å². The molecule has 2 aromatic heterocycles. The zero-order chi connectivity index (χ0) is 22.3. The van der Waals surface area contributed by atoms with Crippen molar-refractivity contribution in [3.63, 3.8) is 0 Å². The minimum Gasteiger partial charge on any atom is -0.442 e. The quantitative estimate of drug-likeness (QED) is 0.517. The van der Waals surface area contributed by atoms with Crippen molar-refractivity contribution in [1.29, 1.82) is 0 Å². The Morgan fingerprint density at radius 1 is 1.17 bits per heavy atom. The van der Waals surface area contributed by atoms with Crippen LogP contribution >= 0.6 is 11.6 Å². The number of nitrogens with zero attached hydrogens (tertiary/aromatic N) is 3. The maximum absolute atomic E-state index is 12.8. The summed E-state index contributed by atoms with van der Waals surface area (Å²) in [5.41, 5.74) is -1.43. The fourth-order valence-electron chi connectivity index (χ4n) is 2.69. The molecule has 30 heavy (non-hydrogen) atoms. The van der Waals surface area contributed by atoms with Crippen molar-refractivity contribution < 1.29 is 27.5 Å². The van der Waals surface area contributed by atoms with Gasteiger partial charge in [-0.3, -0.25) is 4.79 Å². The molecule has 0 aliphatic carbocycles. The minimum atomic E-state index is -4.65. The second-order valence-electron chi connectivity index (χ2n) is 7.54. The van der Waals surface area contributed by atoms with Gasteiger partial charge in [0.25, 0.3) is 0 Å². The predicted molar refractivity (Wildman–Crippen MR) is 104 cm³/mol. The molecule has 3 aromatic rings. The number of ketones is 1. The predicted octanol–water partition coefficient (Wildman–Crippen LogP) is 5.31. The summed E-state index contributed by atoms with van der Waals surface area (Å²) in [4.78, 5) is 28.2. The number of fused-ring (bicyclic) bond motifs is 1. The lowest BCUT2D eigenvalue weighted by molar-refractivity contribution is -0.141. The molecule has 0 aliphatic rings. The molecule has 0 N–H and O–H groups in total. The van der Waals surface area contributed by atoms with Gasteiger partial charge in [-0.25, -0.2) is 9.78 Å². The van der Waals surface area contributed by atoms with Crippen LogP contribution in [0.2, 0.25) is 5.02 Å². The Morgan fingerprint density at radius 3 is 2.50 bits per heavy atom. The average molecular weight is 440 g/mol. The Bertz CT molecular complexity index is 1130. The Morgan fingerprint density at radius 2 is 1.87 bits per heavy atom. The van der Waals surface area contributed by atoms with Gasteiger partial charge in [0.15, 0.2) is 5.78 Å². The lowest BCUT2D eigenvalue weighted by atomic mass is 10.0. The number of benzene rings is 1. The lowest BCUT2D eigenvalue weighted by Crippen LogP contribution is -2.27. The minimum absolute atomic E-state index is 0.160. The van der Waals surface area contributed by atoms with Gasteiger partial charge in [-0.05, 0) is 50.6 Å². The van der Waals surface area contributed by atoms with E-state index in [1.807, 2.05) is 0 Å². The highest BCUT2D eigenvalue weighted by Crippen LogP contribution is 2.29. The summed E-state index contributed by atoms with van der Waals surface area (Å²) in [6.07, 6.45) is -4.19. The first-order chi connectivity index (χ1) is 13.8. The molecule has 2 heterocycles. The van der Waals surface area contributed by atoms with E-state index in [9.17, 15) is 22.8 Å². The first-order valence-electron chi connectivity index (χ1n) is 8.82. The Hall–Kier alpha value is -2.94. The van der Waals surface area contributed by atoms with E-state index in [1.165, 1.54) is 18.3 Å². The van der Waals surface area contributed by atoms with Crippen LogP contribution < -0.4 is 0 Å². The zero-order valence-electron chi connectivity index (χ0n) is 16.2. The monoisotopic (exact) mass is 439 g/mol. The van der Waals surface area contributed by atoms with E-state index < -0.39 is 29.3 Å². The average Bonchev–Trinajstić information content (AvgIpc) is 3.02. The largest absolute Gasteiger partial charge is 0.442 e. The molecule has 0 fully saturated rings. The van der Waals surface area contributed by atoms with Crippen molar-refractivity contribution in [3.8, 4) is 0 Å². The fraction of sp³-hybridized carbons (Fsp3) is 0.300. The van der Waals surface area contributed by atoms with Crippen molar-refractivity contribution >= 4 is 34.4 Å². The summed E-state index contributed by atoms with van der Waals surface area (Å²) >= 11 is 6.26. The molecule has 6 nitrogen and oxygen atoms in total. The normalized spacial score (nSPS) is 12.2. The SMILES string of the molecule is CC(C)(C)OC(=O)n1ncc2cc(CC(=O)c3cccc(C(F)(F)F)n3)c(Cl)cc21. The van der Waals surface area contributed by atoms with Crippen molar-refractivity contribution in [1.82, 2.24) is 14.8 Å². The first kappa shape index (κ1) is 21.8. The molecule has 0 bridgehead atoms. The molecule has 0 radical (unpaired) electrons. The summed E-state index contributed by atoms with van der Waals surface area (Å²) in [6, 6.07) is 6.14. The zero-order valence-corrected chi connectivity index (χ0v) is 17.0. The molecule has 0 atom stereocenters. The molecule has 0 aliphatic heterocycles. The van der Waals surface area contributed by atoms with Crippen LogP contribution in [0.4, 0.5) is 18.0 Å². The summed E-state index contributed by atoms with van der Waals surface area (Å²) in [7, 11) is 0. The van der Waals surface area contributed by atoms with Gasteiger partial charge >= 0.3 is 12.3 Å². The molecule has 10 heteroatoms. The molecule has 0 spiro atoms. The second kappa shape index (κ2) is 7.71. The van der Waals surface area contributed by atoms with E-state index in [-0.39, 0.29) is 17.1 Å². The van der Waals surface area contributed by atoms with Crippen LogP contribution in [0, 0.1) is 0 Å². The number of hydrogen-bond donors (Lipinski definition) is 0. The van der Waals surface area contributed by atoms with Gasteiger partial charge in [0.05, 0.1) is 11.7 Å². The number of pyridine rings is 1. The van der Waals surface area contributed by atoms with Crippen LogP contribution in [-0.4, -0.2) is 32.2 Å². The maximum Gasteiger partial charge on any atom is 0.435 e. The van der Waals surface area contributed by atoms with Crippen LogP contribution in [0.3, 0.4) is 0 Å². The van der Waals surface area contributed by atoms with Crippen LogP contribution in [0.25, 0.3) is 10.9 Å². The number of ether oxygens (including phenoxy) is 1. The van der Waals surface area contributed by atoms with E-state index in [0.29, 0.717) is 16.5 Å². The third-order valence-electron chi connectivity index (χ3n) is 3.98. The number of hydrogen-bond acceptors (Lipinski definition) is 5. The first-order valence-corrected chi connectivity index (χ1v) is 9.20. The number of halogens is 4. The van der Waals surface area contributed by atoms with Gasteiger partial charge in [0, 0.05) is 16.8 Å². The van der Waals surface area contributed by atoms with Gasteiger partial charge in [-0.2, -0.15) is 23.0 Å². The van der Waals surface area contributed by atoms with Gasteiger partial charge in [0.1, 0.15) is 17.0 Å². The fourth-order valence-corrected chi connectivity index (χ4v) is 2.92. The summed E-state index contributed by atoms with van der Waals surface area (Å²) < 4.78 is 44.8. The Labute approximate surface area is 174 Å². The van der Waals surface area contributed by atoms with Crippen LogP contribution in [0.15, 0.2) is 36.5 Å². The number of carbonyl (C=O) groups is 2. The number of aromatic nitrogens is 3. The van der Waals surface area contributed by atoms with Crippen molar-refractivity contribution in [2.45, 2.75) is 39.0 Å². The summed E-state index contributed by atoms with van der Waals surface area (Å²) in [6.45, 7) is 5.15. The van der Waals surface area contributed by atoms with Crippen molar-refractivity contribution in [2.24, 2.45) is 0 Å². The van der Waals surface area contributed by atoms with E-state index in [1.54, 1.807) is 26.8 Å². The number of alkyl halides is 3. The highest BCUT2D eigenvalue weighted by atomic mass is 35.5.